The third kappa shape index (κ3) is 2.76. The highest BCUT2D eigenvalue weighted by Gasteiger charge is 2.14. The summed E-state index contributed by atoms with van der Waals surface area (Å²) in [6.45, 7) is 4.00. The van der Waals surface area contributed by atoms with Crippen molar-refractivity contribution in [3.05, 3.63) is 57.9 Å². The minimum atomic E-state index is -0.633. The van der Waals surface area contributed by atoms with E-state index in [0.29, 0.717) is 11.5 Å². The number of aromatic nitrogens is 2. The Hall–Kier alpha value is -3.22. The molecule has 0 fully saturated rings. The minimum absolute atomic E-state index is 0.361. The number of anilines is 2. The number of benzene rings is 2. The average Bonchev–Trinajstić information content (AvgIpc) is 2.51. The Bertz CT molecular complexity index is 925. The number of aryl methyl sites for hydroxylation is 2. The number of nitro groups is 1. The Morgan fingerprint density at radius 2 is 1.87 bits per heavy atom. The lowest BCUT2D eigenvalue weighted by atomic mass is 10.1. The average molecular weight is 310 g/mol. The molecule has 0 saturated carbocycles. The zero-order valence-electron chi connectivity index (χ0n) is 12.6. The van der Waals surface area contributed by atoms with Crippen LogP contribution in [0.3, 0.4) is 0 Å². The molecule has 0 atom stereocenters. The fourth-order valence-electron chi connectivity index (χ4n) is 2.30. The fraction of sp³-hybridized carbons (Fsp3) is 0.125. The van der Waals surface area contributed by atoms with E-state index >= 15 is 0 Å². The zero-order valence-corrected chi connectivity index (χ0v) is 12.6. The third-order valence-corrected chi connectivity index (χ3v) is 3.69. The number of phenols is 1. The molecule has 0 amide bonds. The van der Waals surface area contributed by atoms with Crippen LogP contribution in [0.2, 0.25) is 0 Å². The molecule has 0 aliphatic rings. The Kier molecular flexibility index (Phi) is 3.53. The maximum absolute atomic E-state index is 10.9. The number of fused-ring (bicyclic) bond motifs is 1. The van der Waals surface area contributed by atoms with Crippen LogP contribution in [0, 0.1) is 24.0 Å². The monoisotopic (exact) mass is 310 g/mol. The Morgan fingerprint density at radius 3 is 2.61 bits per heavy atom. The predicted octanol–water partition coefficient (Wildman–Crippen LogP) is 3.60. The molecule has 0 aliphatic heterocycles. The lowest BCUT2D eigenvalue weighted by molar-refractivity contribution is -0.385. The summed E-state index contributed by atoms with van der Waals surface area (Å²) < 4.78 is 0. The maximum Gasteiger partial charge on any atom is 0.312 e. The number of hydrogen-bond acceptors (Lipinski definition) is 6. The van der Waals surface area contributed by atoms with Gasteiger partial charge in [-0.15, -0.1) is 0 Å². The molecule has 0 radical (unpaired) electrons. The van der Waals surface area contributed by atoms with Crippen molar-refractivity contribution in [2.75, 3.05) is 5.32 Å². The lowest BCUT2D eigenvalue weighted by Crippen LogP contribution is -1.98. The highest BCUT2D eigenvalue weighted by Crippen LogP contribution is 2.31. The standard InChI is InChI=1S/C16H14N4O3/c1-9-5-12-13(6-10(9)2)17-8-18-16(12)19-11-3-4-15(21)14(7-11)20(22)23/h3-8,21H,1-2H3,(H,17,18,19). The molecule has 0 saturated heterocycles. The second-order valence-corrected chi connectivity index (χ2v) is 5.26. The predicted molar refractivity (Wildman–Crippen MR) is 87.1 cm³/mol. The van der Waals surface area contributed by atoms with Crippen LogP contribution >= 0.6 is 0 Å². The molecule has 0 bridgehead atoms. The number of aromatic hydroxyl groups is 1. The normalized spacial score (nSPS) is 10.7. The molecular formula is C16H14N4O3. The van der Waals surface area contributed by atoms with Crippen LogP contribution in [0.5, 0.6) is 5.75 Å². The van der Waals surface area contributed by atoms with Gasteiger partial charge in [0.2, 0.25) is 0 Å². The van der Waals surface area contributed by atoms with E-state index in [9.17, 15) is 15.2 Å². The SMILES string of the molecule is Cc1cc2ncnc(Nc3ccc(O)c([N+](=O)[O-])c3)c2cc1C. The number of nitrogens with zero attached hydrogens (tertiary/aromatic N) is 3. The second kappa shape index (κ2) is 5.53. The van der Waals surface area contributed by atoms with Crippen LogP contribution in [-0.4, -0.2) is 20.0 Å². The molecule has 116 valence electrons. The molecule has 0 spiro atoms. The van der Waals surface area contributed by atoms with Gasteiger partial charge in [0.25, 0.3) is 0 Å². The molecule has 3 aromatic rings. The molecule has 7 nitrogen and oxygen atoms in total. The van der Waals surface area contributed by atoms with Gasteiger partial charge in [-0.05, 0) is 49.2 Å². The molecule has 2 N–H and O–H groups in total. The van der Waals surface area contributed by atoms with Crippen molar-refractivity contribution in [1.29, 1.82) is 0 Å². The molecular weight excluding hydrogens is 296 g/mol. The lowest BCUT2D eigenvalue weighted by Gasteiger charge is -2.10. The van der Waals surface area contributed by atoms with Gasteiger partial charge in [0.1, 0.15) is 12.1 Å². The third-order valence-electron chi connectivity index (χ3n) is 3.69. The fourth-order valence-corrected chi connectivity index (χ4v) is 2.30. The molecule has 0 aliphatic carbocycles. The van der Waals surface area contributed by atoms with E-state index in [1.807, 2.05) is 26.0 Å². The molecule has 7 heteroatoms. The van der Waals surface area contributed by atoms with Gasteiger partial charge in [-0.2, -0.15) is 0 Å². The molecule has 23 heavy (non-hydrogen) atoms. The number of nitrogens with one attached hydrogen (secondary N) is 1. The summed E-state index contributed by atoms with van der Waals surface area (Å²) in [5.41, 5.74) is 3.13. The van der Waals surface area contributed by atoms with E-state index in [1.165, 1.54) is 18.5 Å². The first-order valence-electron chi connectivity index (χ1n) is 6.92. The van der Waals surface area contributed by atoms with Crippen LogP contribution in [-0.2, 0) is 0 Å². The zero-order chi connectivity index (χ0) is 16.6. The van der Waals surface area contributed by atoms with E-state index < -0.39 is 4.92 Å². The van der Waals surface area contributed by atoms with Crippen LogP contribution in [0.15, 0.2) is 36.7 Å². The van der Waals surface area contributed by atoms with Crippen molar-refractivity contribution < 1.29 is 10.0 Å². The van der Waals surface area contributed by atoms with Gasteiger partial charge < -0.3 is 10.4 Å². The summed E-state index contributed by atoms with van der Waals surface area (Å²) in [4.78, 5) is 18.7. The van der Waals surface area contributed by atoms with Crippen LogP contribution in [0.1, 0.15) is 11.1 Å². The van der Waals surface area contributed by atoms with Gasteiger partial charge in [0.05, 0.1) is 10.4 Å². The van der Waals surface area contributed by atoms with Crippen molar-refractivity contribution >= 4 is 28.1 Å². The Labute approximate surface area is 131 Å². The van der Waals surface area contributed by atoms with Gasteiger partial charge in [0.15, 0.2) is 5.75 Å². The van der Waals surface area contributed by atoms with Gasteiger partial charge >= 0.3 is 5.69 Å². The van der Waals surface area contributed by atoms with Crippen LogP contribution < -0.4 is 5.32 Å². The van der Waals surface area contributed by atoms with E-state index in [-0.39, 0.29) is 11.4 Å². The molecule has 1 aromatic heterocycles. The van der Waals surface area contributed by atoms with Crippen molar-refractivity contribution in [1.82, 2.24) is 9.97 Å². The molecule has 1 heterocycles. The summed E-state index contributed by atoms with van der Waals surface area (Å²) in [5, 5.41) is 24.3. The van der Waals surface area contributed by atoms with Crippen molar-refractivity contribution in [3.8, 4) is 5.75 Å². The van der Waals surface area contributed by atoms with E-state index in [4.69, 9.17) is 0 Å². The molecule has 2 aromatic carbocycles. The van der Waals surface area contributed by atoms with Crippen molar-refractivity contribution in [2.45, 2.75) is 13.8 Å². The van der Waals surface area contributed by atoms with Crippen LogP contribution in [0.25, 0.3) is 10.9 Å². The number of nitro benzene ring substituents is 1. The van der Waals surface area contributed by atoms with Gasteiger partial charge in [-0.3, -0.25) is 10.1 Å². The van der Waals surface area contributed by atoms with Crippen LogP contribution in [0.4, 0.5) is 17.2 Å². The topological polar surface area (TPSA) is 101 Å². The number of rotatable bonds is 3. The highest BCUT2D eigenvalue weighted by molar-refractivity contribution is 5.91. The van der Waals surface area contributed by atoms with Gasteiger partial charge in [-0.1, -0.05) is 0 Å². The summed E-state index contributed by atoms with van der Waals surface area (Å²) >= 11 is 0. The smallest absolute Gasteiger partial charge is 0.312 e. The first-order chi connectivity index (χ1) is 11.0. The Morgan fingerprint density at radius 1 is 1.13 bits per heavy atom. The van der Waals surface area contributed by atoms with Gasteiger partial charge in [-0.25, -0.2) is 9.97 Å². The summed E-state index contributed by atoms with van der Waals surface area (Å²) in [6.07, 6.45) is 1.44. The summed E-state index contributed by atoms with van der Waals surface area (Å²) in [6, 6.07) is 8.04. The van der Waals surface area contributed by atoms with Crippen molar-refractivity contribution in [2.24, 2.45) is 0 Å². The van der Waals surface area contributed by atoms with Gasteiger partial charge in [0, 0.05) is 17.1 Å². The van der Waals surface area contributed by atoms with E-state index in [0.717, 1.165) is 22.0 Å². The number of phenolic OH excluding ortho intramolecular Hbond substituents is 1. The second-order valence-electron chi connectivity index (χ2n) is 5.26. The first-order valence-corrected chi connectivity index (χ1v) is 6.92. The molecule has 0 unspecified atom stereocenters. The minimum Gasteiger partial charge on any atom is -0.502 e. The summed E-state index contributed by atoms with van der Waals surface area (Å²) in [7, 11) is 0. The van der Waals surface area contributed by atoms with E-state index in [2.05, 4.69) is 15.3 Å². The largest absolute Gasteiger partial charge is 0.502 e. The first kappa shape index (κ1) is 14.7. The summed E-state index contributed by atoms with van der Waals surface area (Å²) in [5.74, 6) is 0.178. The molecule has 3 rings (SSSR count). The Balaban J connectivity index is 2.07. The number of hydrogen-bond donors (Lipinski definition) is 2. The van der Waals surface area contributed by atoms with E-state index in [1.54, 1.807) is 6.07 Å². The highest BCUT2D eigenvalue weighted by atomic mass is 16.6. The quantitative estimate of drug-likeness (QED) is 0.435. The maximum atomic E-state index is 10.9. The van der Waals surface area contributed by atoms with Crippen molar-refractivity contribution in [3.63, 3.8) is 0 Å².